The monoisotopic (exact) mass is 409 g/mol. The molecule has 1 N–H and O–H groups in total. The van der Waals surface area contributed by atoms with Crippen molar-refractivity contribution in [2.75, 3.05) is 31.3 Å². The van der Waals surface area contributed by atoms with Gasteiger partial charge in [-0.1, -0.05) is 48.5 Å². The van der Waals surface area contributed by atoms with Gasteiger partial charge in [0.15, 0.2) is 0 Å². The molecule has 1 amide bonds. The molecule has 1 spiro atoms. The molecule has 0 saturated carbocycles. The van der Waals surface area contributed by atoms with Crippen LogP contribution in [-0.2, 0) is 4.74 Å². The number of likely N-dealkylation sites (tertiary alicyclic amines) is 1. The normalized spacial score (nSPS) is 22.5. The molecule has 5 heteroatoms. The summed E-state index contributed by atoms with van der Waals surface area (Å²) in [5, 5.41) is 9.88. The maximum atomic E-state index is 13.0. The molecule has 2 heterocycles. The first-order chi connectivity index (χ1) is 14.2. The van der Waals surface area contributed by atoms with Gasteiger partial charge >= 0.3 is 6.09 Å². The Labute approximate surface area is 176 Å². The lowest BCUT2D eigenvalue weighted by Crippen LogP contribution is -2.39. The first-order valence-corrected chi connectivity index (χ1v) is 11.7. The molecule has 1 atom stereocenters. The number of amides is 1. The predicted molar refractivity (Wildman–Crippen MR) is 116 cm³/mol. The molecule has 29 heavy (non-hydrogen) atoms. The van der Waals surface area contributed by atoms with Crippen LogP contribution >= 0.6 is 11.8 Å². The summed E-state index contributed by atoms with van der Waals surface area (Å²) in [6.45, 7) is 1.07. The van der Waals surface area contributed by atoms with Crippen molar-refractivity contribution in [3.63, 3.8) is 0 Å². The molecule has 3 aliphatic rings. The van der Waals surface area contributed by atoms with Gasteiger partial charge in [0.25, 0.3) is 0 Å². The Morgan fingerprint density at radius 2 is 1.69 bits per heavy atom. The SMILES string of the molecule is O=C(OCC1c2ccccc2-c2ccccc21)N1CC2(CCSCC2)CC1CO. The summed E-state index contributed by atoms with van der Waals surface area (Å²) in [5.41, 5.74) is 5.09. The van der Waals surface area contributed by atoms with Crippen LogP contribution < -0.4 is 0 Å². The average Bonchev–Trinajstić information content (AvgIpc) is 3.28. The highest BCUT2D eigenvalue weighted by Gasteiger charge is 2.46. The Morgan fingerprint density at radius 1 is 1.07 bits per heavy atom. The number of hydrogen-bond acceptors (Lipinski definition) is 4. The number of benzene rings is 2. The zero-order valence-electron chi connectivity index (χ0n) is 16.5. The summed E-state index contributed by atoms with van der Waals surface area (Å²) in [6.07, 6.45) is 2.87. The molecule has 1 unspecified atom stereocenters. The fraction of sp³-hybridized carbons (Fsp3) is 0.458. The second kappa shape index (κ2) is 7.69. The Morgan fingerprint density at radius 3 is 2.31 bits per heavy atom. The molecule has 2 aliphatic heterocycles. The number of carbonyl (C=O) groups is 1. The van der Waals surface area contributed by atoms with E-state index >= 15 is 0 Å². The number of thioether (sulfide) groups is 1. The van der Waals surface area contributed by atoms with Crippen molar-refractivity contribution in [2.45, 2.75) is 31.2 Å². The number of nitrogens with zero attached hydrogens (tertiary/aromatic N) is 1. The third kappa shape index (κ3) is 3.34. The second-order valence-corrected chi connectivity index (χ2v) is 9.81. The number of carbonyl (C=O) groups excluding carboxylic acids is 1. The van der Waals surface area contributed by atoms with Crippen LogP contribution in [0, 0.1) is 5.41 Å². The molecule has 0 bridgehead atoms. The lowest BCUT2D eigenvalue weighted by molar-refractivity contribution is 0.0807. The first kappa shape index (κ1) is 19.0. The fourth-order valence-corrected chi connectivity index (χ4v) is 6.74. The Bertz CT molecular complexity index is 863. The van der Waals surface area contributed by atoms with E-state index in [4.69, 9.17) is 4.74 Å². The van der Waals surface area contributed by atoms with Crippen LogP contribution in [-0.4, -0.2) is 53.4 Å². The molecular weight excluding hydrogens is 382 g/mol. The zero-order valence-corrected chi connectivity index (χ0v) is 17.4. The Kier molecular flexibility index (Phi) is 5.04. The Hall–Kier alpha value is -1.98. The van der Waals surface area contributed by atoms with Crippen LogP contribution in [0.25, 0.3) is 11.1 Å². The summed E-state index contributed by atoms with van der Waals surface area (Å²) >= 11 is 1.99. The number of ether oxygens (including phenoxy) is 1. The molecular formula is C24H27NO3S. The van der Waals surface area contributed by atoms with Gasteiger partial charge in [0.1, 0.15) is 6.61 Å². The van der Waals surface area contributed by atoms with E-state index in [1.54, 1.807) is 4.90 Å². The largest absolute Gasteiger partial charge is 0.448 e. The van der Waals surface area contributed by atoms with Crippen LogP contribution in [0.1, 0.15) is 36.3 Å². The van der Waals surface area contributed by atoms with Crippen molar-refractivity contribution < 1.29 is 14.6 Å². The van der Waals surface area contributed by atoms with Crippen LogP contribution in [0.15, 0.2) is 48.5 Å². The van der Waals surface area contributed by atoms with E-state index in [1.165, 1.54) is 22.3 Å². The van der Waals surface area contributed by atoms with Gasteiger partial charge < -0.3 is 14.7 Å². The van der Waals surface area contributed by atoms with Gasteiger partial charge in [-0.2, -0.15) is 11.8 Å². The van der Waals surface area contributed by atoms with Crippen molar-refractivity contribution >= 4 is 17.9 Å². The van der Waals surface area contributed by atoms with Crippen molar-refractivity contribution in [1.29, 1.82) is 0 Å². The van der Waals surface area contributed by atoms with Crippen LogP contribution in [0.4, 0.5) is 4.79 Å². The minimum Gasteiger partial charge on any atom is -0.448 e. The highest BCUT2D eigenvalue weighted by molar-refractivity contribution is 7.99. The third-order valence-corrected chi connectivity index (χ3v) is 7.94. The van der Waals surface area contributed by atoms with Gasteiger partial charge in [0, 0.05) is 12.5 Å². The van der Waals surface area contributed by atoms with E-state index in [0.717, 1.165) is 37.3 Å². The fourth-order valence-electron chi connectivity index (χ4n) is 5.39. The topological polar surface area (TPSA) is 49.8 Å². The summed E-state index contributed by atoms with van der Waals surface area (Å²) in [5.74, 6) is 2.37. The van der Waals surface area contributed by atoms with Gasteiger partial charge in [-0.25, -0.2) is 4.79 Å². The lowest BCUT2D eigenvalue weighted by atomic mass is 9.80. The maximum Gasteiger partial charge on any atom is 0.410 e. The van der Waals surface area contributed by atoms with E-state index in [0.29, 0.717) is 6.61 Å². The average molecular weight is 410 g/mol. The lowest BCUT2D eigenvalue weighted by Gasteiger charge is -2.32. The highest BCUT2D eigenvalue weighted by Crippen LogP contribution is 2.46. The molecule has 5 rings (SSSR count). The van der Waals surface area contributed by atoms with E-state index in [1.807, 2.05) is 23.9 Å². The second-order valence-electron chi connectivity index (χ2n) is 8.58. The van der Waals surface area contributed by atoms with E-state index in [2.05, 4.69) is 36.4 Å². The van der Waals surface area contributed by atoms with Crippen molar-refractivity contribution in [3.05, 3.63) is 59.7 Å². The van der Waals surface area contributed by atoms with E-state index in [-0.39, 0.29) is 30.1 Å². The molecule has 2 aromatic carbocycles. The quantitative estimate of drug-likeness (QED) is 0.810. The molecule has 4 nitrogen and oxygen atoms in total. The summed E-state index contributed by atoms with van der Waals surface area (Å²) < 4.78 is 5.86. The molecule has 1 aliphatic carbocycles. The Balaban J connectivity index is 1.32. The maximum absolute atomic E-state index is 13.0. The number of rotatable bonds is 3. The summed E-state index contributed by atoms with van der Waals surface area (Å²) in [7, 11) is 0. The van der Waals surface area contributed by atoms with E-state index < -0.39 is 0 Å². The molecule has 0 radical (unpaired) electrons. The predicted octanol–water partition coefficient (Wildman–Crippen LogP) is 4.52. The third-order valence-electron chi connectivity index (χ3n) is 6.95. The van der Waals surface area contributed by atoms with Crippen molar-refractivity contribution in [2.24, 2.45) is 5.41 Å². The smallest absolute Gasteiger partial charge is 0.410 e. The molecule has 0 aromatic heterocycles. The minimum atomic E-state index is -0.277. The van der Waals surface area contributed by atoms with Crippen LogP contribution in [0.3, 0.4) is 0 Å². The first-order valence-electron chi connectivity index (χ1n) is 10.5. The molecule has 2 aromatic rings. The van der Waals surface area contributed by atoms with Crippen LogP contribution in [0.2, 0.25) is 0 Å². The zero-order chi connectivity index (χ0) is 19.8. The standard InChI is InChI=1S/C24H27NO3S/c26-14-17-13-24(9-11-29-12-10-24)16-25(17)23(27)28-15-22-20-7-3-1-5-18(20)19-6-2-4-8-21(19)22/h1-8,17,22,26H,9-16H2. The van der Waals surface area contributed by atoms with Gasteiger partial charge in [-0.05, 0) is 58.4 Å². The van der Waals surface area contributed by atoms with Gasteiger partial charge in [-0.15, -0.1) is 0 Å². The van der Waals surface area contributed by atoms with Crippen molar-refractivity contribution in [3.8, 4) is 11.1 Å². The van der Waals surface area contributed by atoms with Crippen molar-refractivity contribution in [1.82, 2.24) is 4.90 Å². The van der Waals surface area contributed by atoms with Crippen LogP contribution in [0.5, 0.6) is 0 Å². The summed E-state index contributed by atoms with van der Waals surface area (Å²) in [6, 6.07) is 16.6. The number of fused-ring (bicyclic) bond motifs is 3. The number of aliphatic hydroxyl groups excluding tert-OH is 1. The van der Waals surface area contributed by atoms with Gasteiger partial charge in [0.05, 0.1) is 12.6 Å². The number of aliphatic hydroxyl groups is 1. The summed E-state index contributed by atoms with van der Waals surface area (Å²) in [4.78, 5) is 14.8. The van der Waals surface area contributed by atoms with Gasteiger partial charge in [0.2, 0.25) is 0 Å². The van der Waals surface area contributed by atoms with E-state index in [9.17, 15) is 9.90 Å². The highest BCUT2D eigenvalue weighted by atomic mass is 32.2. The minimum absolute atomic E-state index is 0.0130. The number of hydrogen-bond donors (Lipinski definition) is 1. The molecule has 2 saturated heterocycles. The molecule has 152 valence electrons. The van der Waals surface area contributed by atoms with Gasteiger partial charge in [-0.3, -0.25) is 0 Å². The molecule has 2 fully saturated rings.